The van der Waals surface area contributed by atoms with Crippen LogP contribution in [0, 0.1) is 10.1 Å². The molecule has 0 radical (unpaired) electrons. The summed E-state index contributed by atoms with van der Waals surface area (Å²) in [4.78, 5) is 27.0. The number of rotatable bonds is 8. The van der Waals surface area contributed by atoms with Crippen molar-refractivity contribution in [3.8, 4) is 0 Å². The molecule has 0 atom stereocenters. The van der Waals surface area contributed by atoms with Gasteiger partial charge in [-0.1, -0.05) is 26.0 Å². The van der Waals surface area contributed by atoms with E-state index in [1.165, 1.54) is 16.4 Å². The van der Waals surface area contributed by atoms with E-state index in [-0.39, 0.29) is 16.6 Å². The van der Waals surface area contributed by atoms with E-state index in [0.717, 1.165) is 11.3 Å². The lowest BCUT2D eigenvalue weighted by atomic mass is 10.2. The summed E-state index contributed by atoms with van der Waals surface area (Å²) >= 11 is 0. The van der Waals surface area contributed by atoms with E-state index in [1.54, 1.807) is 55.1 Å². The number of hydrogen-bond donors (Lipinski definition) is 1. The highest BCUT2D eigenvalue weighted by Crippen LogP contribution is 2.21. The molecule has 0 spiro atoms. The van der Waals surface area contributed by atoms with E-state index >= 15 is 0 Å². The minimum Gasteiger partial charge on any atom is -0.368 e. The second-order valence-electron chi connectivity index (χ2n) is 7.64. The van der Waals surface area contributed by atoms with Crippen molar-refractivity contribution in [3.63, 3.8) is 0 Å². The first-order valence-electron chi connectivity index (χ1n) is 10.9. The van der Waals surface area contributed by atoms with E-state index in [1.807, 2.05) is 0 Å². The van der Waals surface area contributed by atoms with Gasteiger partial charge in [0.05, 0.1) is 9.82 Å². The first kappa shape index (κ1) is 24.5. The molecule has 1 fully saturated rings. The van der Waals surface area contributed by atoms with E-state index in [2.05, 4.69) is 10.2 Å². The Morgan fingerprint density at radius 1 is 1.00 bits per heavy atom. The molecule has 1 aliphatic rings. The summed E-state index contributed by atoms with van der Waals surface area (Å²) in [6, 6.07) is 12.8. The Bertz CT molecular complexity index is 1060. The van der Waals surface area contributed by atoms with Crippen LogP contribution in [0.15, 0.2) is 53.4 Å². The smallest absolute Gasteiger partial charge is 0.317 e. The second-order valence-corrected chi connectivity index (χ2v) is 9.58. The van der Waals surface area contributed by atoms with Crippen LogP contribution in [0.2, 0.25) is 0 Å². The number of carbonyl (C=O) groups excluding carboxylic acids is 1. The molecule has 0 saturated carbocycles. The SMILES string of the molecule is CCN(CC)S(=O)(=O)c1ccc(CNC(=O)N2CCN(c3ccc([N+](=O)[O-])cc3)CC2)cc1. The molecular formula is C22H29N5O5S. The van der Waals surface area contributed by atoms with Crippen LogP contribution in [0.3, 0.4) is 0 Å². The van der Waals surface area contributed by atoms with Gasteiger partial charge in [-0.3, -0.25) is 10.1 Å². The number of nitro benzene ring substituents is 1. The summed E-state index contributed by atoms with van der Waals surface area (Å²) < 4.78 is 26.5. The Labute approximate surface area is 194 Å². The van der Waals surface area contributed by atoms with Gasteiger partial charge in [0.1, 0.15) is 0 Å². The van der Waals surface area contributed by atoms with Gasteiger partial charge in [0.15, 0.2) is 0 Å². The average molecular weight is 476 g/mol. The van der Waals surface area contributed by atoms with E-state index < -0.39 is 14.9 Å². The monoisotopic (exact) mass is 475 g/mol. The van der Waals surface area contributed by atoms with Crippen LogP contribution in [0.1, 0.15) is 19.4 Å². The quantitative estimate of drug-likeness (QED) is 0.464. The van der Waals surface area contributed by atoms with Crippen LogP contribution < -0.4 is 10.2 Å². The molecular weight excluding hydrogens is 446 g/mol. The molecule has 1 N–H and O–H groups in total. The normalized spacial score (nSPS) is 14.4. The molecule has 2 amide bonds. The molecule has 0 aliphatic carbocycles. The summed E-state index contributed by atoms with van der Waals surface area (Å²) in [5, 5.41) is 13.7. The molecule has 0 unspecified atom stereocenters. The van der Waals surface area contributed by atoms with Crippen molar-refractivity contribution >= 4 is 27.4 Å². The maximum Gasteiger partial charge on any atom is 0.317 e. The maximum atomic E-state index is 12.6. The highest BCUT2D eigenvalue weighted by atomic mass is 32.2. The summed E-state index contributed by atoms with van der Waals surface area (Å²) in [6.45, 7) is 7.04. The van der Waals surface area contributed by atoms with Gasteiger partial charge >= 0.3 is 6.03 Å². The number of urea groups is 1. The summed E-state index contributed by atoms with van der Waals surface area (Å²) in [6.07, 6.45) is 0. The van der Waals surface area contributed by atoms with E-state index in [0.29, 0.717) is 45.8 Å². The Balaban J connectivity index is 1.50. The zero-order chi connectivity index (χ0) is 24.0. The van der Waals surface area contributed by atoms with Crippen molar-refractivity contribution < 1.29 is 18.1 Å². The van der Waals surface area contributed by atoms with E-state index in [4.69, 9.17) is 0 Å². The second kappa shape index (κ2) is 10.6. The van der Waals surface area contributed by atoms with Crippen LogP contribution in [-0.4, -0.2) is 67.8 Å². The van der Waals surface area contributed by atoms with Crippen molar-refractivity contribution in [1.29, 1.82) is 0 Å². The summed E-state index contributed by atoms with van der Waals surface area (Å²) in [5.41, 5.74) is 1.75. The molecule has 10 nitrogen and oxygen atoms in total. The highest BCUT2D eigenvalue weighted by Gasteiger charge is 2.23. The van der Waals surface area contributed by atoms with Crippen molar-refractivity contribution in [2.45, 2.75) is 25.3 Å². The number of non-ortho nitro benzene ring substituents is 1. The molecule has 1 saturated heterocycles. The average Bonchev–Trinajstić information content (AvgIpc) is 2.83. The largest absolute Gasteiger partial charge is 0.368 e. The van der Waals surface area contributed by atoms with Gasteiger partial charge in [0.25, 0.3) is 5.69 Å². The lowest BCUT2D eigenvalue weighted by molar-refractivity contribution is -0.384. The lowest BCUT2D eigenvalue weighted by Gasteiger charge is -2.36. The highest BCUT2D eigenvalue weighted by molar-refractivity contribution is 7.89. The molecule has 1 aliphatic heterocycles. The Morgan fingerprint density at radius 3 is 2.09 bits per heavy atom. The predicted molar refractivity (Wildman–Crippen MR) is 126 cm³/mol. The number of anilines is 1. The van der Waals surface area contributed by atoms with E-state index in [9.17, 15) is 23.3 Å². The van der Waals surface area contributed by atoms with Crippen molar-refractivity contribution in [3.05, 3.63) is 64.2 Å². The fourth-order valence-corrected chi connectivity index (χ4v) is 5.19. The number of carbonyl (C=O) groups is 1. The number of sulfonamides is 1. The van der Waals surface area contributed by atoms with Crippen molar-refractivity contribution in [1.82, 2.24) is 14.5 Å². The van der Waals surface area contributed by atoms with Gasteiger partial charge < -0.3 is 15.1 Å². The van der Waals surface area contributed by atoms with Gasteiger partial charge in [-0.15, -0.1) is 0 Å². The van der Waals surface area contributed by atoms with Crippen LogP contribution in [0.4, 0.5) is 16.2 Å². The minimum atomic E-state index is -3.50. The lowest BCUT2D eigenvalue weighted by Crippen LogP contribution is -2.51. The fraction of sp³-hybridized carbons (Fsp3) is 0.409. The molecule has 2 aromatic carbocycles. The summed E-state index contributed by atoms with van der Waals surface area (Å²) in [7, 11) is -3.50. The fourth-order valence-electron chi connectivity index (χ4n) is 3.73. The Hall–Kier alpha value is -3.18. The van der Waals surface area contributed by atoms with Crippen LogP contribution in [-0.2, 0) is 16.6 Å². The van der Waals surface area contributed by atoms with Crippen LogP contribution in [0.5, 0.6) is 0 Å². The third-order valence-electron chi connectivity index (χ3n) is 5.70. The third-order valence-corrected chi connectivity index (χ3v) is 7.77. The number of hydrogen-bond acceptors (Lipinski definition) is 6. The first-order valence-corrected chi connectivity index (χ1v) is 12.3. The molecule has 0 aromatic heterocycles. The molecule has 11 heteroatoms. The Kier molecular flexibility index (Phi) is 7.88. The molecule has 2 aromatic rings. The standard InChI is InChI=1S/C22H29N5O5S/c1-3-26(4-2)33(31,32)21-11-5-18(6-12-21)17-23-22(28)25-15-13-24(14-16-25)19-7-9-20(10-8-19)27(29)30/h5-12H,3-4,13-17H2,1-2H3,(H,23,28). The zero-order valence-corrected chi connectivity index (χ0v) is 19.6. The first-order chi connectivity index (χ1) is 15.8. The summed E-state index contributed by atoms with van der Waals surface area (Å²) in [5.74, 6) is 0. The molecule has 33 heavy (non-hydrogen) atoms. The van der Waals surface area contributed by atoms with Gasteiger partial charge in [-0.2, -0.15) is 4.31 Å². The third kappa shape index (κ3) is 5.79. The van der Waals surface area contributed by atoms with Crippen molar-refractivity contribution in [2.75, 3.05) is 44.2 Å². The van der Waals surface area contributed by atoms with Gasteiger partial charge in [-0.05, 0) is 29.8 Å². The van der Waals surface area contributed by atoms with Gasteiger partial charge in [0, 0.05) is 63.6 Å². The molecule has 1 heterocycles. The number of nitro groups is 1. The molecule has 0 bridgehead atoms. The van der Waals surface area contributed by atoms with Crippen LogP contribution >= 0.6 is 0 Å². The van der Waals surface area contributed by atoms with Crippen LogP contribution in [0.25, 0.3) is 0 Å². The maximum absolute atomic E-state index is 12.6. The number of nitrogens with one attached hydrogen (secondary N) is 1. The number of piperazine rings is 1. The zero-order valence-electron chi connectivity index (χ0n) is 18.8. The number of amides is 2. The Morgan fingerprint density at radius 2 is 1.58 bits per heavy atom. The minimum absolute atomic E-state index is 0.0513. The van der Waals surface area contributed by atoms with Gasteiger partial charge in [0.2, 0.25) is 10.0 Å². The molecule has 3 rings (SSSR count). The number of benzene rings is 2. The predicted octanol–water partition coefficient (Wildman–Crippen LogP) is 2.66. The van der Waals surface area contributed by atoms with Crippen molar-refractivity contribution in [2.24, 2.45) is 0 Å². The number of nitrogens with zero attached hydrogens (tertiary/aromatic N) is 4. The topological polar surface area (TPSA) is 116 Å². The van der Waals surface area contributed by atoms with Gasteiger partial charge in [-0.25, -0.2) is 13.2 Å². The molecule has 178 valence electrons.